The molecule has 0 aliphatic heterocycles. The Hall–Kier alpha value is -3.17. The van der Waals surface area contributed by atoms with E-state index in [9.17, 15) is 19.5 Å². The van der Waals surface area contributed by atoms with E-state index in [2.05, 4.69) is 20.9 Å². The smallest absolute Gasteiger partial charge is 0.312 e. The highest BCUT2D eigenvalue weighted by molar-refractivity contribution is 5.85. The Balaban J connectivity index is 2.25. The third-order valence-corrected chi connectivity index (χ3v) is 3.48. The highest BCUT2D eigenvalue weighted by Gasteiger charge is 2.20. The average molecular weight is 364 g/mol. The van der Waals surface area contributed by atoms with Crippen molar-refractivity contribution in [3.63, 3.8) is 0 Å². The van der Waals surface area contributed by atoms with Crippen molar-refractivity contribution in [3.05, 3.63) is 30.1 Å². The zero-order valence-electron chi connectivity index (χ0n) is 14.3. The Morgan fingerprint density at radius 2 is 1.96 bits per heavy atom. The van der Waals surface area contributed by atoms with Crippen LogP contribution in [-0.2, 0) is 14.4 Å². The van der Waals surface area contributed by atoms with Crippen LogP contribution in [0.1, 0.15) is 30.7 Å². The van der Waals surface area contributed by atoms with Gasteiger partial charge in [-0.05, 0) is 24.5 Å². The molecule has 2 amide bonds. The molecule has 0 saturated heterocycles. The standard InChI is InChI=1S/C16H24N6O4/c17-16(18)20-7-2-1-5-13(23)22-10-14(24)21-9-12(15(25)26)11-4-3-6-19-8-11/h3-4,6,8,12H,1-2,5,7,9-10H2,(H,21,24)(H,22,23)(H,25,26)(H4,17,18,20). The molecule has 1 aromatic rings. The van der Waals surface area contributed by atoms with Crippen molar-refractivity contribution < 1.29 is 19.5 Å². The van der Waals surface area contributed by atoms with Gasteiger partial charge in [0.2, 0.25) is 11.8 Å². The number of carboxylic acids is 1. The molecule has 1 heterocycles. The number of hydrogen-bond donors (Lipinski definition) is 6. The first kappa shape index (κ1) is 20.9. The fourth-order valence-corrected chi connectivity index (χ4v) is 2.11. The highest BCUT2D eigenvalue weighted by atomic mass is 16.4. The van der Waals surface area contributed by atoms with Crippen molar-refractivity contribution in [2.45, 2.75) is 25.2 Å². The first-order valence-electron chi connectivity index (χ1n) is 8.14. The highest BCUT2D eigenvalue weighted by Crippen LogP contribution is 2.13. The van der Waals surface area contributed by atoms with Gasteiger partial charge in [-0.25, -0.2) is 0 Å². The van der Waals surface area contributed by atoms with Crippen LogP contribution in [0.5, 0.6) is 0 Å². The maximum absolute atomic E-state index is 11.8. The van der Waals surface area contributed by atoms with Crippen LogP contribution in [0.4, 0.5) is 0 Å². The molecule has 1 aromatic heterocycles. The van der Waals surface area contributed by atoms with E-state index in [1.165, 1.54) is 12.4 Å². The number of aliphatic carboxylic acids is 1. The summed E-state index contributed by atoms with van der Waals surface area (Å²) in [6.45, 7) is 0.199. The van der Waals surface area contributed by atoms with E-state index >= 15 is 0 Å². The summed E-state index contributed by atoms with van der Waals surface area (Å²) in [5.74, 6) is -2.83. The molecular weight excluding hydrogens is 340 g/mol. The van der Waals surface area contributed by atoms with Gasteiger partial charge < -0.3 is 26.8 Å². The normalized spacial score (nSPS) is 11.2. The molecule has 0 radical (unpaired) electrons. The quantitative estimate of drug-likeness (QED) is 0.168. The molecule has 1 unspecified atom stereocenters. The second kappa shape index (κ2) is 11.4. The Labute approximate surface area is 151 Å². The predicted molar refractivity (Wildman–Crippen MR) is 94.4 cm³/mol. The van der Waals surface area contributed by atoms with Crippen LogP contribution < -0.4 is 21.7 Å². The Morgan fingerprint density at radius 3 is 2.58 bits per heavy atom. The number of carbonyl (C=O) groups excluding carboxylic acids is 2. The number of carboxylic acid groups (broad SMARTS) is 1. The van der Waals surface area contributed by atoms with Crippen molar-refractivity contribution in [2.75, 3.05) is 19.6 Å². The third-order valence-electron chi connectivity index (χ3n) is 3.48. The summed E-state index contributed by atoms with van der Waals surface area (Å²) in [5.41, 5.74) is 5.62. The number of carbonyl (C=O) groups is 3. The maximum atomic E-state index is 11.8. The topological polar surface area (TPSA) is 170 Å². The molecule has 10 nitrogen and oxygen atoms in total. The summed E-state index contributed by atoms with van der Waals surface area (Å²) in [6.07, 6.45) is 4.49. The molecular formula is C16H24N6O4. The van der Waals surface area contributed by atoms with Crippen molar-refractivity contribution in [2.24, 2.45) is 5.73 Å². The monoisotopic (exact) mass is 364 g/mol. The number of unbranched alkanes of at least 4 members (excludes halogenated alkanes) is 1. The minimum absolute atomic E-state index is 0.0908. The summed E-state index contributed by atoms with van der Waals surface area (Å²) in [6, 6.07) is 3.25. The summed E-state index contributed by atoms with van der Waals surface area (Å²) in [7, 11) is 0. The van der Waals surface area contributed by atoms with Gasteiger partial charge in [0.05, 0.1) is 6.54 Å². The van der Waals surface area contributed by atoms with E-state index in [0.717, 1.165) is 0 Å². The molecule has 0 saturated carbocycles. The van der Waals surface area contributed by atoms with Gasteiger partial charge in [0, 0.05) is 31.9 Å². The molecule has 1 atom stereocenters. The van der Waals surface area contributed by atoms with E-state index in [4.69, 9.17) is 11.1 Å². The maximum Gasteiger partial charge on any atom is 0.312 e. The van der Waals surface area contributed by atoms with Crippen molar-refractivity contribution in [1.82, 2.24) is 20.9 Å². The first-order valence-corrected chi connectivity index (χ1v) is 8.14. The lowest BCUT2D eigenvalue weighted by atomic mass is 10.0. The number of amides is 2. The zero-order chi connectivity index (χ0) is 19.4. The Morgan fingerprint density at radius 1 is 1.19 bits per heavy atom. The van der Waals surface area contributed by atoms with Crippen LogP contribution in [-0.4, -0.2) is 53.5 Å². The summed E-state index contributed by atoms with van der Waals surface area (Å²) in [5, 5.41) is 23.8. The molecule has 0 aromatic carbocycles. The van der Waals surface area contributed by atoms with E-state index in [1.807, 2.05) is 0 Å². The van der Waals surface area contributed by atoms with Gasteiger partial charge in [-0.2, -0.15) is 0 Å². The minimum Gasteiger partial charge on any atom is -0.481 e. The van der Waals surface area contributed by atoms with Crippen LogP contribution in [0.25, 0.3) is 0 Å². The SMILES string of the molecule is N=C(N)NCCCCC(=O)NCC(=O)NCC(C(=O)O)c1cccnc1. The molecule has 26 heavy (non-hydrogen) atoms. The molecule has 0 bridgehead atoms. The minimum atomic E-state index is -1.07. The van der Waals surface area contributed by atoms with Crippen molar-refractivity contribution in [1.29, 1.82) is 5.41 Å². The molecule has 1 rings (SSSR count). The van der Waals surface area contributed by atoms with Crippen LogP contribution in [0.2, 0.25) is 0 Å². The molecule has 142 valence electrons. The molecule has 0 spiro atoms. The fraction of sp³-hybridized carbons (Fsp3) is 0.438. The second-order valence-corrected chi connectivity index (χ2v) is 5.56. The lowest BCUT2D eigenvalue weighted by molar-refractivity contribution is -0.138. The molecule has 0 aliphatic carbocycles. The summed E-state index contributed by atoms with van der Waals surface area (Å²) >= 11 is 0. The molecule has 0 fully saturated rings. The van der Waals surface area contributed by atoms with Crippen molar-refractivity contribution in [3.8, 4) is 0 Å². The Kier molecular flexibility index (Phi) is 9.15. The molecule has 7 N–H and O–H groups in total. The van der Waals surface area contributed by atoms with E-state index in [1.54, 1.807) is 12.1 Å². The third kappa shape index (κ3) is 8.62. The number of rotatable bonds is 11. The van der Waals surface area contributed by atoms with Gasteiger partial charge in [0.25, 0.3) is 0 Å². The number of nitrogens with two attached hydrogens (primary N) is 1. The van der Waals surface area contributed by atoms with Gasteiger partial charge in [0.15, 0.2) is 5.96 Å². The number of nitrogens with zero attached hydrogens (tertiary/aromatic N) is 1. The van der Waals surface area contributed by atoms with E-state index in [0.29, 0.717) is 24.9 Å². The van der Waals surface area contributed by atoms with Crippen LogP contribution >= 0.6 is 0 Å². The fourth-order valence-electron chi connectivity index (χ4n) is 2.11. The van der Waals surface area contributed by atoms with Gasteiger partial charge in [0.1, 0.15) is 5.92 Å². The van der Waals surface area contributed by atoms with Crippen molar-refractivity contribution >= 4 is 23.7 Å². The van der Waals surface area contributed by atoms with E-state index < -0.39 is 17.8 Å². The molecule has 0 aliphatic rings. The van der Waals surface area contributed by atoms with Gasteiger partial charge >= 0.3 is 5.97 Å². The van der Waals surface area contributed by atoms with Crippen LogP contribution in [0, 0.1) is 5.41 Å². The zero-order valence-corrected chi connectivity index (χ0v) is 14.3. The second-order valence-electron chi connectivity index (χ2n) is 5.56. The number of nitrogens with one attached hydrogen (secondary N) is 4. The average Bonchev–Trinajstić information content (AvgIpc) is 2.60. The van der Waals surface area contributed by atoms with E-state index in [-0.39, 0.29) is 31.4 Å². The van der Waals surface area contributed by atoms with Gasteiger partial charge in [-0.15, -0.1) is 0 Å². The summed E-state index contributed by atoms with van der Waals surface area (Å²) < 4.78 is 0. The largest absolute Gasteiger partial charge is 0.481 e. The van der Waals surface area contributed by atoms with Gasteiger partial charge in [-0.3, -0.25) is 24.8 Å². The number of aromatic nitrogens is 1. The van der Waals surface area contributed by atoms with Crippen LogP contribution in [0.15, 0.2) is 24.5 Å². The summed E-state index contributed by atoms with van der Waals surface area (Å²) in [4.78, 5) is 38.6. The van der Waals surface area contributed by atoms with Gasteiger partial charge in [-0.1, -0.05) is 6.07 Å². The lowest BCUT2D eigenvalue weighted by Gasteiger charge is -2.13. The molecule has 10 heteroatoms. The first-order chi connectivity index (χ1) is 12.4. The predicted octanol–water partition coefficient (Wildman–Crippen LogP) is -0.864. The van der Waals surface area contributed by atoms with Crippen LogP contribution in [0.3, 0.4) is 0 Å². The number of guanidine groups is 1. The lowest BCUT2D eigenvalue weighted by Crippen LogP contribution is -2.39. The Bertz CT molecular complexity index is 622. The number of pyridine rings is 1. The number of hydrogen-bond acceptors (Lipinski definition) is 5.